The van der Waals surface area contributed by atoms with Crippen molar-refractivity contribution in [2.24, 2.45) is 4.99 Å². The number of nitrogens with zero attached hydrogens (tertiary/aromatic N) is 1. The highest BCUT2D eigenvalue weighted by Gasteiger charge is 2.26. The Morgan fingerprint density at radius 2 is 1.92 bits per heavy atom. The van der Waals surface area contributed by atoms with Crippen molar-refractivity contribution in [3.63, 3.8) is 0 Å². The molecule has 1 aromatic carbocycles. The summed E-state index contributed by atoms with van der Waals surface area (Å²) in [6.07, 6.45) is -1.33. The lowest BCUT2D eigenvalue weighted by atomic mass is 10.1. The second kappa shape index (κ2) is 8.08. The summed E-state index contributed by atoms with van der Waals surface area (Å²) >= 11 is 0. The van der Waals surface area contributed by atoms with Crippen LogP contribution in [0.15, 0.2) is 29.4 Å². The fourth-order valence-corrected chi connectivity index (χ4v) is 2.64. The van der Waals surface area contributed by atoms with Gasteiger partial charge in [-0.05, 0) is 24.0 Å². The maximum atomic E-state index is 12.2. The molecule has 0 saturated carbocycles. The van der Waals surface area contributed by atoms with Crippen LogP contribution in [0.2, 0.25) is 0 Å². The fourth-order valence-electron chi connectivity index (χ4n) is 2.64. The van der Waals surface area contributed by atoms with Gasteiger partial charge >= 0.3 is 6.18 Å². The molecule has 24 heavy (non-hydrogen) atoms. The Morgan fingerprint density at radius 1 is 1.17 bits per heavy atom. The molecule has 0 saturated heterocycles. The van der Waals surface area contributed by atoms with Gasteiger partial charge in [0.05, 0.1) is 6.42 Å². The van der Waals surface area contributed by atoms with Gasteiger partial charge in [-0.1, -0.05) is 25.1 Å². The van der Waals surface area contributed by atoms with E-state index >= 15 is 0 Å². The predicted molar refractivity (Wildman–Crippen MR) is 91.4 cm³/mol. The van der Waals surface area contributed by atoms with Crippen LogP contribution in [0.25, 0.3) is 10.9 Å². The molecule has 0 atom stereocenters. The SMILES string of the molecule is CCc1cccc2c(CCNC(=NC)NCCC(F)(F)F)c[nH]c12. The van der Waals surface area contributed by atoms with E-state index in [0.29, 0.717) is 12.5 Å². The quantitative estimate of drug-likeness (QED) is 0.558. The van der Waals surface area contributed by atoms with Crippen LogP contribution in [0.5, 0.6) is 0 Å². The van der Waals surface area contributed by atoms with E-state index in [1.807, 2.05) is 12.3 Å². The number of rotatable bonds is 6. The molecule has 4 nitrogen and oxygen atoms in total. The van der Waals surface area contributed by atoms with Crippen LogP contribution in [0.1, 0.15) is 24.5 Å². The van der Waals surface area contributed by atoms with Gasteiger partial charge in [0.15, 0.2) is 5.96 Å². The zero-order valence-corrected chi connectivity index (χ0v) is 13.9. The molecule has 0 aliphatic carbocycles. The van der Waals surface area contributed by atoms with Crippen molar-refractivity contribution in [2.75, 3.05) is 20.1 Å². The Morgan fingerprint density at radius 3 is 2.58 bits per heavy atom. The molecule has 0 amide bonds. The van der Waals surface area contributed by atoms with Crippen molar-refractivity contribution < 1.29 is 13.2 Å². The number of hydrogen-bond donors (Lipinski definition) is 3. The normalized spacial score (nSPS) is 12.6. The van der Waals surface area contributed by atoms with E-state index in [9.17, 15) is 13.2 Å². The number of aromatic nitrogens is 1. The lowest BCUT2D eigenvalue weighted by molar-refractivity contribution is -0.132. The molecule has 0 fully saturated rings. The summed E-state index contributed by atoms with van der Waals surface area (Å²) in [5, 5.41) is 6.91. The van der Waals surface area contributed by atoms with Crippen LogP contribution in [0, 0.1) is 0 Å². The highest BCUT2D eigenvalue weighted by atomic mass is 19.4. The highest BCUT2D eigenvalue weighted by molar-refractivity contribution is 5.86. The molecule has 1 heterocycles. The summed E-state index contributed by atoms with van der Waals surface area (Å²) in [4.78, 5) is 7.25. The van der Waals surface area contributed by atoms with Crippen LogP contribution in [0.3, 0.4) is 0 Å². The number of aryl methyl sites for hydroxylation is 1. The first-order chi connectivity index (χ1) is 11.4. The second-order valence-electron chi connectivity index (χ2n) is 5.55. The summed E-state index contributed by atoms with van der Waals surface area (Å²) in [7, 11) is 1.54. The van der Waals surface area contributed by atoms with Gasteiger partial charge in [0, 0.05) is 37.2 Å². The Labute approximate surface area is 139 Å². The van der Waals surface area contributed by atoms with Gasteiger partial charge in [-0.2, -0.15) is 13.2 Å². The third-order valence-electron chi connectivity index (χ3n) is 3.88. The van der Waals surface area contributed by atoms with Crippen LogP contribution in [-0.4, -0.2) is 37.3 Å². The van der Waals surface area contributed by atoms with Gasteiger partial charge in [0.1, 0.15) is 0 Å². The maximum Gasteiger partial charge on any atom is 0.390 e. The third-order valence-corrected chi connectivity index (χ3v) is 3.88. The monoisotopic (exact) mass is 340 g/mol. The molecule has 2 aromatic rings. The van der Waals surface area contributed by atoms with Crippen LogP contribution < -0.4 is 10.6 Å². The predicted octanol–water partition coefficient (Wildman–Crippen LogP) is 3.39. The summed E-state index contributed by atoms with van der Waals surface area (Å²) in [6, 6.07) is 6.23. The molecule has 0 aliphatic rings. The number of nitrogens with one attached hydrogen (secondary N) is 3. The number of aliphatic imine (C=N–C) groups is 1. The Hall–Kier alpha value is -2.18. The average Bonchev–Trinajstić information content (AvgIpc) is 2.95. The number of alkyl halides is 3. The number of hydrogen-bond acceptors (Lipinski definition) is 1. The molecule has 0 unspecified atom stereocenters. The molecule has 0 radical (unpaired) electrons. The van der Waals surface area contributed by atoms with Gasteiger partial charge < -0.3 is 15.6 Å². The van der Waals surface area contributed by atoms with E-state index in [0.717, 1.165) is 18.4 Å². The van der Waals surface area contributed by atoms with Crippen molar-refractivity contribution in [1.29, 1.82) is 0 Å². The van der Waals surface area contributed by atoms with Crippen LogP contribution in [0.4, 0.5) is 13.2 Å². The van der Waals surface area contributed by atoms with E-state index in [2.05, 4.69) is 39.7 Å². The molecule has 3 N–H and O–H groups in total. The van der Waals surface area contributed by atoms with E-state index in [-0.39, 0.29) is 6.54 Å². The van der Waals surface area contributed by atoms with Gasteiger partial charge in [0.2, 0.25) is 0 Å². The minimum absolute atomic E-state index is 0.184. The number of para-hydroxylation sites is 1. The standard InChI is InChI=1S/C17H23F3N4/c1-3-12-5-4-6-14-13(11-24-15(12)14)7-9-22-16(21-2)23-10-8-17(18,19)20/h4-6,11,24H,3,7-10H2,1-2H3,(H2,21,22,23). The number of H-pyrrole nitrogens is 1. The largest absolute Gasteiger partial charge is 0.390 e. The van der Waals surface area contributed by atoms with Crippen molar-refractivity contribution in [2.45, 2.75) is 32.4 Å². The lowest BCUT2D eigenvalue weighted by Crippen LogP contribution is -2.39. The zero-order chi connectivity index (χ0) is 17.6. The van der Waals surface area contributed by atoms with Gasteiger partial charge in [0.25, 0.3) is 0 Å². The maximum absolute atomic E-state index is 12.2. The number of aromatic amines is 1. The summed E-state index contributed by atoms with van der Waals surface area (Å²) in [6.45, 7) is 2.53. The first-order valence-corrected chi connectivity index (χ1v) is 8.03. The molecular weight excluding hydrogens is 317 g/mol. The average molecular weight is 340 g/mol. The number of halogens is 3. The molecule has 7 heteroatoms. The van der Waals surface area contributed by atoms with Crippen molar-refractivity contribution in [3.05, 3.63) is 35.5 Å². The Kier molecular flexibility index (Phi) is 6.11. The fraction of sp³-hybridized carbons (Fsp3) is 0.471. The Balaban J connectivity index is 1.87. The molecule has 132 valence electrons. The third kappa shape index (κ3) is 4.91. The molecule has 0 aliphatic heterocycles. The van der Waals surface area contributed by atoms with E-state index in [1.54, 1.807) is 7.05 Å². The van der Waals surface area contributed by atoms with Crippen molar-refractivity contribution in [3.8, 4) is 0 Å². The van der Waals surface area contributed by atoms with Gasteiger partial charge in [-0.3, -0.25) is 4.99 Å². The number of guanidine groups is 1. The first kappa shape index (κ1) is 18.2. The topological polar surface area (TPSA) is 52.2 Å². The summed E-state index contributed by atoms with van der Waals surface area (Å²) < 4.78 is 36.5. The summed E-state index contributed by atoms with van der Waals surface area (Å²) in [5.74, 6) is 0.383. The smallest absolute Gasteiger partial charge is 0.361 e. The molecule has 2 rings (SSSR count). The molecule has 1 aromatic heterocycles. The second-order valence-corrected chi connectivity index (χ2v) is 5.55. The first-order valence-electron chi connectivity index (χ1n) is 8.03. The van der Waals surface area contributed by atoms with E-state index in [4.69, 9.17) is 0 Å². The van der Waals surface area contributed by atoms with Crippen molar-refractivity contribution in [1.82, 2.24) is 15.6 Å². The lowest BCUT2D eigenvalue weighted by Gasteiger charge is -2.12. The number of benzene rings is 1. The van der Waals surface area contributed by atoms with Crippen LogP contribution in [-0.2, 0) is 12.8 Å². The zero-order valence-electron chi connectivity index (χ0n) is 13.9. The molecule has 0 bridgehead atoms. The van der Waals surface area contributed by atoms with Crippen LogP contribution >= 0.6 is 0 Å². The molecular formula is C17H23F3N4. The minimum Gasteiger partial charge on any atom is -0.361 e. The van der Waals surface area contributed by atoms with Gasteiger partial charge in [-0.15, -0.1) is 0 Å². The van der Waals surface area contributed by atoms with Crippen molar-refractivity contribution >= 4 is 16.9 Å². The van der Waals surface area contributed by atoms with Gasteiger partial charge in [-0.25, -0.2) is 0 Å². The van der Waals surface area contributed by atoms with E-state index < -0.39 is 12.6 Å². The summed E-state index contributed by atoms with van der Waals surface area (Å²) in [5.41, 5.74) is 3.61. The Bertz CT molecular complexity index is 689. The van der Waals surface area contributed by atoms with E-state index in [1.165, 1.54) is 16.5 Å². The highest BCUT2D eigenvalue weighted by Crippen LogP contribution is 2.22. The molecule has 0 spiro atoms. The minimum atomic E-state index is -4.16. The number of fused-ring (bicyclic) bond motifs is 1.